The van der Waals surface area contributed by atoms with E-state index in [0.717, 1.165) is 0 Å². The summed E-state index contributed by atoms with van der Waals surface area (Å²) in [6, 6.07) is -0.804. The van der Waals surface area contributed by atoms with Gasteiger partial charge in [0, 0.05) is 11.8 Å². The van der Waals surface area contributed by atoms with E-state index in [9.17, 15) is 25.9 Å². The number of nitrogens with one attached hydrogen (secondary N) is 1. The Bertz CT molecular complexity index is 358. The van der Waals surface area contributed by atoms with Crippen LogP contribution in [0.3, 0.4) is 0 Å². The molecule has 0 bridgehead atoms. The predicted octanol–water partition coefficient (Wildman–Crippen LogP) is -1.95. The zero-order valence-electron chi connectivity index (χ0n) is 7.46. The first-order valence-corrected chi connectivity index (χ1v) is 6.84. The molecule has 1 N–H and O–H groups in total. The standard InChI is InChI=1S/C5H13NO6S2/c1-6-5(4-14(10,11)12)2-3-13(7,8)9/h5-6H,2-4H2,1H3,(H,7,8,9)(H,10,11,12)/p-2. The second-order valence-corrected chi connectivity index (χ2v) is 5.73. The van der Waals surface area contributed by atoms with Gasteiger partial charge in [0.05, 0.1) is 26.0 Å². The summed E-state index contributed by atoms with van der Waals surface area (Å²) in [6.45, 7) is 0. The molecule has 1 atom stereocenters. The van der Waals surface area contributed by atoms with Gasteiger partial charge in [0.25, 0.3) is 0 Å². The van der Waals surface area contributed by atoms with Gasteiger partial charge in [0.2, 0.25) is 0 Å². The second-order valence-electron chi connectivity index (χ2n) is 2.76. The van der Waals surface area contributed by atoms with E-state index in [-0.39, 0.29) is 6.42 Å². The van der Waals surface area contributed by atoms with Crippen molar-refractivity contribution in [3.05, 3.63) is 0 Å². The molecule has 7 nitrogen and oxygen atoms in total. The van der Waals surface area contributed by atoms with Gasteiger partial charge >= 0.3 is 0 Å². The van der Waals surface area contributed by atoms with E-state index in [1.54, 1.807) is 0 Å². The zero-order valence-corrected chi connectivity index (χ0v) is 9.10. The van der Waals surface area contributed by atoms with Crippen LogP contribution in [0.15, 0.2) is 0 Å². The summed E-state index contributed by atoms with van der Waals surface area (Å²) in [5.41, 5.74) is 0. The van der Waals surface area contributed by atoms with Gasteiger partial charge in [-0.1, -0.05) is 0 Å². The number of rotatable bonds is 6. The molecule has 0 heterocycles. The Balaban J connectivity index is 4.19. The minimum absolute atomic E-state index is 0.191. The predicted molar refractivity (Wildman–Crippen MR) is 46.6 cm³/mol. The van der Waals surface area contributed by atoms with Crippen molar-refractivity contribution >= 4 is 20.2 Å². The Morgan fingerprint density at radius 3 is 1.93 bits per heavy atom. The number of hydrogen-bond acceptors (Lipinski definition) is 7. The molecule has 0 aromatic rings. The lowest BCUT2D eigenvalue weighted by atomic mass is 10.3. The van der Waals surface area contributed by atoms with Gasteiger partial charge in [-0.05, 0) is 13.5 Å². The van der Waals surface area contributed by atoms with Gasteiger partial charge in [0.1, 0.15) is 0 Å². The SMILES string of the molecule is CNC(CCS(=O)(=O)[O-])CS(=O)(=O)[O-]. The summed E-state index contributed by atoms with van der Waals surface area (Å²) < 4.78 is 61.5. The average Bonchev–Trinajstić information content (AvgIpc) is 1.94. The maximum Gasteiger partial charge on any atom is 0.0961 e. The number of hydrogen-bond donors (Lipinski definition) is 1. The fourth-order valence-corrected chi connectivity index (χ4v) is 2.24. The third kappa shape index (κ3) is 8.38. The van der Waals surface area contributed by atoms with Gasteiger partial charge in [-0.2, -0.15) is 0 Å². The molecule has 0 saturated carbocycles. The molecule has 0 aromatic heterocycles. The van der Waals surface area contributed by atoms with Gasteiger partial charge in [-0.15, -0.1) is 0 Å². The highest BCUT2D eigenvalue weighted by molar-refractivity contribution is 7.86. The molecule has 0 aliphatic rings. The molecule has 86 valence electrons. The summed E-state index contributed by atoms with van der Waals surface area (Å²) >= 11 is 0. The Kier molecular flexibility index (Phi) is 4.95. The normalized spacial score (nSPS) is 15.4. The van der Waals surface area contributed by atoms with Crippen LogP contribution in [-0.4, -0.2) is 50.5 Å². The summed E-state index contributed by atoms with van der Waals surface area (Å²) in [4.78, 5) is 0. The molecular formula is C5H11NO6S2-2. The largest absolute Gasteiger partial charge is 0.748 e. The minimum Gasteiger partial charge on any atom is -0.748 e. The van der Waals surface area contributed by atoms with Crippen molar-refractivity contribution in [3.8, 4) is 0 Å². The smallest absolute Gasteiger partial charge is 0.0961 e. The quantitative estimate of drug-likeness (QED) is 0.539. The molecular weight excluding hydrogens is 234 g/mol. The third-order valence-corrected chi connectivity index (χ3v) is 3.08. The van der Waals surface area contributed by atoms with Crippen molar-refractivity contribution < 1.29 is 25.9 Å². The maximum atomic E-state index is 10.3. The molecule has 0 radical (unpaired) electrons. The lowest BCUT2D eigenvalue weighted by Crippen LogP contribution is -2.34. The Morgan fingerprint density at radius 2 is 1.64 bits per heavy atom. The van der Waals surface area contributed by atoms with Gasteiger partial charge in [0.15, 0.2) is 0 Å². The average molecular weight is 245 g/mol. The molecule has 0 saturated heterocycles. The summed E-state index contributed by atoms with van der Waals surface area (Å²) in [6.07, 6.45) is -0.191. The fourth-order valence-electron chi connectivity index (χ4n) is 0.844. The van der Waals surface area contributed by atoms with Crippen molar-refractivity contribution in [2.75, 3.05) is 18.6 Å². The van der Waals surface area contributed by atoms with Crippen LogP contribution < -0.4 is 5.32 Å². The van der Waals surface area contributed by atoms with E-state index in [2.05, 4.69) is 5.32 Å². The first-order valence-electron chi connectivity index (χ1n) is 3.68. The van der Waals surface area contributed by atoms with Gasteiger partial charge < -0.3 is 14.4 Å². The van der Waals surface area contributed by atoms with Crippen LogP contribution in [0.4, 0.5) is 0 Å². The monoisotopic (exact) mass is 245 g/mol. The van der Waals surface area contributed by atoms with Crippen LogP contribution in [0.1, 0.15) is 6.42 Å². The van der Waals surface area contributed by atoms with E-state index in [0.29, 0.717) is 0 Å². The van der Waals surface area contributed by atoms with Crippen molar-refractivity contribution in [1.82, 2.24) is 5.32 Å². The van der Waals surface area contributed by atoms with Crippen molar-refractivity contribution in [1.29, 1.82) is 0 Å². The third-order valence-electron chi connectivity index (χ3n) is 1.53. The van der Waals surface area contributed by atoms with Gasteiger partial charge in [-0.3, -0.25) is 0 Å². The summed E-state index contributed by atoms with van der Waals surface area (Å²) in [7, 11) is -7.40. The van der Waals surface area contributed by atoms with Crippen LogP contribution in [0.5, 0.6) is 0 Å². The molecule has 14 heavy (non-hydrogen) atoms. The molecule has 0 fully saturated rings. The molecule has 0 aliphatic carbocycles. The lowest BCUT2D eigenvalue weighted by molar-refractivity contribution is 0.440. The fraction of sp³-hybridized carbons (Fsp3) is 1.00. The van der Waals surface area contributed by atoms with E-state index in [1.165, 1.54) is 7.05 Å². The van der Waals surface area contributed by atoms with Crippen LogP contribution in [-0.2, 0) is 20.2 Å². The van der Waals surface area contributed by atoms with Crippen molar-refractivity contribution in [2.24, 2.45) is 0 Å². The Labute approximate surface area is 83.0 Å². The topological polar surface area (TPSA) is 126 Å². The van der Waals surface area contributed by atoms with E-state index >= 15 is 0 Å². The van der Waals surface area contributed by atoms with Crippen molar-refractivity contribution in [3.63, 3.8) is 0 Å². The van der Waals surface area contributed by atoms with Gasteiger partial charge in [-0.25, -0.2) is 16.8 Å². The van der Waals surface area contributed by atoms with Crippen LogP contribution in [0.25, 0.3) is 0 Å². The summed E-state index contributed by atoms with van der Waals surface area (Å²) in [5.74, 6) is -1.41. The summed E-state index contributed by atoms with van der Waals surface area (Å²) in [5, 5.41) is 2.45. The van der Waals surface area contributed by atoms with E-state index in [4.69, 9.17) is 0 Å². The van der Waals surface area contributed by atoms with Crippen LogP contribution in [0, 0.1) is 0 Å². The van der Waals surface area contributed by atoms with Crippen LogP contribution in [0.2, 0.25) is 0 Å². The first-order chi connectivity index (χ1) is 6.14. The van der Waals surface area contributed by atoms with E-state index in [1.807, 2.05) is 0 Å². The molecule has 1 unspecified atom stereocenters. The maximum absolute atomic E-state index is 10.3. The lowest BCUT2D eigenvalue weighted by Gasteiger charge is -2.18. The molecule has 9 heteroatoms. The highest BCUT2D eigenvalue weighted by Gasteiger charge is 2.11. The minimum atomic E-state index is -4.41. The van der Waals surface area contributed by atoms with E-state index < -0.39 is 37.8 Å². The highest BCUT2D eigenvalue weighted by Crippen LogP contribution is 1.98. The molecule has 0 spiro atoms. The first kappa shape index (κ1) is 13.8. The zero-order chi connectivity index (χ0) is 11.4. The van der Waals surface area contributed by atoms with Crippen molar-refractivity contribution in [2.45, 2.75) is 12.5 Å². The Hall–Kier alpha value is -0.220. The molecule has 0 amide bonds. The van der Waals surface area contributed by atoms with Crippen LogP contribution >= 0.6 is 0 Å². The highest BCUT2D eigenvalue weighted by atomic mass is 32.2. The molecule has 0 rings (SSSR count). The molecule has 0 aliphatic heterocycles. The molecule has 0 aromatic carbocycles. The second kappa shape index (κ2) is 5.03. The Morgan fingerprint density at radius 1 is 1.14 bits per heavy atom.